The molecule has 778 valence electrons. The summed E-state index contributed by atoms with van der Waals surface area (Å²) in [5.74, 6) is -8.70. The van der Waals surface area contributed by atoms with E-state index in [0.29, 0.717) is 81.3 Å². The van der Waals surface area contributed by atoms with E-state index in [9.17, 15) is 76.7 Å². The van der Waals surface area contributed by atoms with Crippen molar-refractivity contribution in [3.05, 3.63) is 0 Å². The van der Waals surface area contributed by atoms with Gasteiger partial charge >= 0.3 is 95.5 Å². The van der Waals surface area contributed by atoms with Gasteiger partial charge in [-0.05, 0) is 130 Å². The van der Waals surface area contributed by atoms with E-state index < -0.39 is 167 Å². The van der Waals surface area contributed by atoms with Gasteiger partial charge in [-0.15, -0.1) is 0 Å². The van der Waals surface area contributed by atoms with Crippen molar-refractivity contribution in [3.63, 3.8) is 0 Å². The van der Waals surface area contributed by atoms with Crippen LogP contribution >= 0.6 is 0 Å². The number of carbonyl (C=O) groups excluding carboxylic acids is 16. The molecule has 37 atom stereocenters. The van der Waals surface area contributed by atoms with E-state index in [4.69, 9.17) is 85.3 Å². The van der Waals surface area contributed by atoms with Crippen LogP contribution in [0.5, 0.6) is 0 Å². The average molecular weight is 1930 g/mol. The van der Waals surface area contributed by atoms with Crippen molar-refractivity contribution in [1.82, 2.24) is 0 Å². The van der Waals surface area contributed by atoms with Gasteiger partial charge in [-0.1, -0.05) is 151 Å². The van der Waals surface area contributed by atoms with Crippen LogP contribution in [0.2, 0.25) is 0 Å². The van der Waals surface area contributed by atoms with Gasteiger partial charge in [-0.3, -0.25) is 76.7 Å². The quantitative estimate of drug-likeness (QED) is 0.0717. The number of carbonyl (C=O) groups is 16. The highest BCUT2D eigenvalue weighted by Crippen LogP contribution is 2.63. The molecule has 18 fully saturated rings. The van der Waals surface area contributed by atoms with Crippen molar-refractivity contribution in [2.24, 2.45) is 152 Å². The molecule has 10 saturated heterocycles. The van der Waals surface area contributed by atoms with Gasteiger partial charge in [0.15, 0.2) is 24.4 Å². The first-order valence-electron chi connectivity index (χ1n) is 44.2. The highest BCUT2D eigenvalue weighted by molar-refractivity contribution is 5.90. The maximum absolute atomic E-state index is 12.4. The van der Waals surface area contributed by atoms with E-state index in [2.05, 4.69) is 0 Å². The Morgan fingerprint density at radius 1 is 0.296 bits per heavy atom. The van der Waals surface area contributed by atoms with Crippen LogP contribution in [0.4, 0.5) is 0 Å². The van der Waals surface area contributed by atoms with Crippen molar-refractivity contribution in [1.29, 1.82) is 0 Å². The number of fused-ring (bicyclic) bond motifs is 14. The zero-order valence-corrected chi connectivity index (χ0v) is 73.6. The van der Waals surface area contributed by atoms with Gasteiger partial charge < -0.3 is 85.3 Å². The Hall–Kier alpha value is -8.56. The van der Waals surface area contributed by atoms with Crippen molar-refractivity contribution < 1.29 is 162 Å². The third kappa shape index (κ3) is 22.0. The first-order chi connectivity index (χ1) is 58.2. The van der Waals surface area contributed by atoms with Gasteiger partial charge in [0.1, 0.15) is 84.7 Å². The van der Waals surface area contributed by atoms with Crippen LogP contribution in [0, 0.1) is 152 Å². The predicted octanol–water partition coefficient (Wildman–Crippen LogP) is 14.3. The van der Waals surface area contributed by atoms with Crippen LogP contribution in [0.3, 0.4) is 0 Å². The van der Waals surface area contributed by atoms with Crippen LogP contribution in [0.1, 0.15) is 270 Å². The minimum atomic E-state index is -0.774. The summed E-state index contributed by atoms with van der Waals surface area (Å²) in [6.45, 7) is 29.2. The summed E-state index contributed by atoms with van der Waals surface area (Å²) in [5, 5.41) is 0. The standard InChI is InChI=1S/C16H22O6.C15H20O7.C15H20O6.C15H22O4.C14H18O7.C14H20O4.12CH4/c1-5-16(2,3)15(19)22-12-7-6-8-10(9(7)13(17)20-4)14(18)21-11(8)12;1-5-15(2,3)14(18)22-11-8-6(12(16)19-4)7-9(20-8)10(11)21-13(7)17;1-4-6(2)13(16)20-11-7-5-8-10(9(7)14(17)19-3)15(18)21-12(8)11;1-4-15(2,3)14(17)19-11-6-8-5-9(11)10-7-18-13(16)12(8)10;1-4-5(2)12(15)20-10-8-6(13(16)18-3)7-9(19-8)11(10)21-14(7)17;1-3-7(2)13(15)18-11-5-8-4-9(11)10-6-17-14(16)12(8)10;;;;;;;;;;;;/h7-12H,5-6H2,1-4H3;6-11H,5H2,1-4H3;6-12H,4-5H2,1-3H3;8-12H,4-7H2,1-3H3;5-11H,4H2,1-3H3;7-12H,3-6H2,1-2H3;12*1H4. The first-order valence-corrected chi connectivity index (χ1v) is 44.2. The number of hydrogen-bond donors (Lipinski definition) is 0. The van der Waals surface area contributed by atoms with Crippen LogP contribution < -0.4 is 0 Å². The Morgan fingerprint density at radius 2 is 0.578 bits per heavy atom. The van der Waals surface area contributed by atoms with Gasteiger partial charge in [0, 0.05) is 47.3 Å². The molecule has 12 bridgehead atoms. The number of hydrogen-bond acceptors (Lipinski definition) is 34. The lowest BCUT2D eigenvalue weighted by Crippen LogP contribution is -2.49. The smallest absolute Gasteiger partial charge is 0.313 e. The van der Waals surface area contributed by atoms with Gasteiger partial charge in [-0.2, -0.15) is 0 Å². The van der Waals surface area contributed by atoms with E-state index in [1.807, 2.05) is 76.2 Å². The minimum absolute atomic E-state index is 0. The molecule has 0 aromatic carbocycles. The van der Waals surface area contributed by atoms with Crippen LogP contribution in [-0.4, -0.2) is 223 Å². The summed E-state index contributed by atoms with van der Waals surface area (Å²) in [4.78, 5) is 192. The predicted molar refractivity (Wildman–Crippen MR) is 495 cm³/mol. The van der Waals surface area contributed by atoms with Crippen LogP contribution in [0.25, 0.3) is 0 Å². The molecule has 10 heterocycles. The molecule has 37 unspecified atom stereocenters. The zero-order chi connectivity index (χ0) is 89.7. The third-order valence-corrected chi connectivity index (χ3v) is 31.3. The van der Waals surface area contributed by atoms with Gasteiger partial charge in [-0.25, -0.2) is 0 Å². The zero-order valence-electron chi connectivity index (χ0n) is 73.6. The summed E-state index contributed by atoms with van der Waals surface area (Å²) in [6.07, 6.45) is 2.33. The molecule has 10 aliphatic heterocycles. The van der Waals surface area contributed by atoms with Crippen molar-refractivity contribution >= 4 is 95.5 Å². The van der Waals surface area contributed by atoms with Crippen molar-refractivity contribution in [3.8, 4) is 0 Å². The minimum Gasteiger partial charge on any atom is -0.469 e. The second kappa shape index (κ2) is 48.3. The highest BCUT2D eigenvalue weighted by Gasteiger charge is 2.76. The average Bonchev–Trinajstić information content (AvgIpc) is 1.56. The largest absolute Gasteiger partial charge is 0.469 e. The second-order valence-electron chi connectivity index (χ2n) is 38.7. The highest BCUT2D eigenvalue weighted by atomic mass is 16.7. The molecule has 8 saturated carbocycles. The molecule has 135 heavy (non-hydrogen) atoms. The molecular weight excluding hydrogens is 1760 g/mol. The van der Waals surface area contributed by atoms with E-state index in [1.165, 1.54) is 28.4 Å². The van der Waals surface area contributed by atoms with E-state index in [-0.39, 0.29) is 226 Å². The molecule has 0 aromatic rings. The molecular formula is C101H170O34. The summed E-state index contributed by atoms with van der Waals surface area (Å²) in [7, 11) is 5.14. The topological polar surface area (TPSA) is 439 Å². The first kappa shape index (κ1) is 124. The number of esters is 16. The molecule has 0 aromatic heterocycles. The number of rotatable bonds is 22. The fourth-order valence-corrected chi connectivity index (χ4v) is 22.4. The lowest BCUT2D eigenvalue weighted by molar-refractivity contribution is -0.173. The fraction of sp³-hybridized carbons (Fsp3) is 0.842. The maximum Gasteiger partial charge on any atom is 0.313 e. The van der Waals surface area contributed by atoms with E-state index >= 15 is 0 Å². The third-order valence-electron chi connectivity index (χ3n) is 31.3. The van der Waals surface area contributed by atoms with Gasteiger partial charge in [0.2, 0.25) is 0 Å². The van der Waals surface area contributed by atoms with Crippen LogP contribution in [0.15, 0.2) is 0 Å². The Morgan fingerprint density at radius 3 is 0.911 bits per heavy atom. The molecule has 34 heteroatoms. The Balaban J connectivity index is 0.000000797. The van der Waals surface area contributed by atoms with Gasteiger partial charge in [0.25, 0.3) is 0 Å². The molecule has 8 aliphatic carbocycles. The van der Waals surface area contributed by atoms with E-state index in [1.54, 1.807) is 27.7 Å². The molecule has 18 rings (SSSR count). The van der Waals surface area contributed by atoms with Crippen LogP contribution in [-0.2, 0) is 162 Å². The Bertz CT molecular complexity index is 3970. The number of ether oxygens (including phenoxy) is 18. The molecule has 0 spiro atoms. The molecule has 34 nitrogen and oxygen atoms in total. The molecule has 0 N–H and O–H groups in total. The number of cyclic esters (lactones) is 2. The van der Waals surface area contributed by atoms with Crippen molar-refractivity contribution in [2.75, 3.05) is 41.7 Å². The SMILES string of the molecule is C.C.C.C.C.C.C.C.C.C.C.C.CCC(C)(C)C(=O)OC1C2CC3C1OC(=O)C3C2C(=O)OC.CCC(C)(C)C(=O)OC1C2OC(=O)C3C2OC1C3C(=O)OC.CCC(C)(C)C(=O)OC1CC2CC1C1COC(=O)C21.CCC(C)C(=O)OC1C2CC3C1OC(=O)C3C2C(=O)OC.CCC(C)C(=O)OC1C2OC(=O)C3C2OC1C3C(=O)OC.CCC(C)C(=O)OC1CC2CC1C1COC(=O)C21. The monoisotopic (exact) mass is 1930 g/mol. The summed E-state index contributed by atoms with van der Waals surface area (Å²) in [5.41, 5.74) is -1.65. The van der Waals surface area contributed by atoms with E-state index in [0.717, 1.165) is 38.5 Å². The fourth-order valence-electron chi connectivity index (χ4n) is 22.4. The Kier molecular flexibility index (Phi) is 44.6. The van der Waals surface area contributed by atoms with Crippen molar-refractivity contribution in [2.45, 2.75) is 355 Å². The lowest BCUT2D eigenvalue weighted by Gasteiger charge is -2.32. The summed E-state index contributed by atoms with van der Waals surface area (Å²) < 4.78 is 95.8. The summed E-state index contributed by atoms with van der Waals surface area (Å²) in [6, 6.07) is 0. The maximum atomic E-state index is 12.4. The molecule has 0 amide bonds. The molecule has 18 aliphatic rings. The lowest BCUT2D eigenvalue weighted by atomic mass is 9.78. The second-order valence-corrected chi connectivity index (χ2v) is 38.7. The Labute approximate surface area is 803 Å². The normalized spacial score (nSPS) is 36.7. The van der Waals surface area contributed by atoms with Gasteiger partial charge in [0.05, 0.1) is 111 Å². The number of methoxy groups -OCH3 is 4. The molecule has 0 radical (unpaired) electrons. The summed E-state index contributed by atoms with van der Waals surface area (Å²) >= 11 is 0.